The molecule has 0 aliphatic rings. The Bertz CT molecular complexity index is 559. The van der Waals surface area contributed by atoms with Gasteiger partial charge in [-0.2, -0.15) is 0 Å². The van der Waals surface area contributed by atoms with E-state index in [2.05, 4.69) is 64.6 Å². The van der Waals surface area contributed by atoms with Gasteiger partial charge in [-0.3, -0.25) is 0 Å². The minimum Gasteiger partial charge on any atom is -0.313 e. The van der Waals surface area contributed by atoms with E-state index < -0.39 is 0 Å². The van der Waals surface area contributed by atoms with Crippen molar-refractivity contribution in [2.24, 2.45) is 0 Å². The molecule has 0 heterocycles. The van der Waals surface area contributed by atoms with Crippen molar-refractivity contribution in [3.63, 3.8) is 0 Å². The van der Waals surface area contributed by atoms with E-state index in [9.17, 15) is 0 Å². The number of hydrogen-bond donors (Lipinski definition) is 1. The number of likely N-dealkylation sites (N-methyl/N-ethyl adjacent to an activating group) is 1. The van der Waals surface area contributed by atoms with Gasteiger partial charge in [-0.05, 0) is 48.9 Å². The first-order valence-corrected chi connectivity index (χ1v) is 9.19. The highest BCUT2D eigenvalue weighted by atomic mass is 79.9. The number of benzene rings is 2. The van der Waals surface area contributed by atoms with Crippen LogP contribution in [-0.2, 0) is 6.42 Å². The van der Waals surface area contributed by atoms with Gasteiger partial charge in [-0.25, -0.2) is 0 Å². The zero-order valence-electron chi connectivity index (χ0n) is 12.0. The van der Waals surface area contributed by atoms with E-state index in [0.29, 0.717) is 6.04 Å². The van der Waals surface area contributed by atoms with Gasteiger partial charge >= 0.3 is 0 Å². The van der Waals surface area contributed by atoms with Crippen LogP contribution in [0.25, 0.3) is 0 Å². The van der Waals surface area contributed by atoms with E-state index in [1.165, 1.54) is 10.5 Å². The Hall–Kier alpha value is -0.480. The number of thioether (sulfide) groups is 1. The average molecular weight is 385 g/mol. The van der Waals surface area contributed by atoms with Crippen LogP contribution in [0.3, 0.4) is 0 Å². The van der Waals surface area contributed by atoms with Gasteiger partial charge in [0.15, 0.2) is 0 Å². The molecular weight excluding hydrogens is 366 g/mol. The normalized spacial score (nSPS) is 12.3. The van der Waals surface area contributed by atoms with Crippen molar-refractivity contribution in [3.8, 4) is 0 Å². The maximum atomic E-state index is 5.94. The van der Waals surface area contributed by atoms with Crippen molar-refractivity contribution < 1.29 is 0 Å². The van der Waals surface area contributed by atoms with E-state index in [-0.39, 0.29) is 0 Å². The van der Waals surface area contributed by atoms with Crippen LogP contribution >= 0.6 is 39.3 Å². The van der Waals surface area contributed by atoms with Gasteiger partial charge in [0.2, 0.25) is 0 Å². The summed E-state index contributed by atoms with van der Waals surface area (Å²) in [6, 6.07) is 17.0. The monoisotopic (exact) mass is 383 g/mol. The van der Waals surface area contributed by atoms with Crippen molar-refractivity contribution in [1.29, 1.82) is 0 Å². The molecule has 1 N–H and O–H groups in total. The molecule has 2 aromatic carbocycles. The lowest BCUT2D eigenvalue weighted by Gasteiger charge is -2.18. The van der Waals surface area contributed by atoms with Gasteiger partial charge < -0.3 is 5.32 Å². The summed E-state index contributed by atoms with van der Waals surface area (Å²) in [5.41, 5.74) is 1.32. The van der Waals surface area contributed by atoms with Crippen molar-refractivity contribution in [2.75, 3.05) is 12.3 Å². The van der Waals surface area contributed by atoms with E-state index in [4.69, 9.17) is 11.6 Å². The number of halogens is 2. The molecule has 1 atom stereocenters. The molecule has 0 radical (unpaired) electrons. The van der Waals surface area contributed by atoms with Crippen LogP contribution in [0.1, 0.15) is 12.5 Å². The molecule has 1 nitrogen and oxygen atoms in total. The smallest absolute Gasteiger partial charge is 0.0406 e. The predicted octanol–water partition coefficient (Wildman–Crippen LogP) is 5.42. The molecule has 0 aliphatic heterocycles. The minimum absolute atomic E-state index is 0.458. The molecule has 0 bridgehead atoms. The summed E-state index contributed by atoms with van der Waals surface area (Å²) in [6.45, 7) is 3.13. The molecule has 0 spiro atoms. The van der Waals surface area contributed by atoms with Crippen LogP contribution in [0, 0.1) is 0 Å². The molecule has 0 amide bonds. The van der Waals surface area contributed by atoms with Gasteiger partial charge in [0.05, 0.1) is 0 Å². The fourth-order valence-corrected chi connectivity index (χ4v) is 3.83. The van der Waals surface area contributed by atoms with E-state index >= 15 is 0 Å². The molecule has 1 unspecified atom stereocenters. The summed E-state index contributed by atoms with van der Waals surface area (Å²) in [6.07, 6.45) is 1.02. The first kappa shape index (κ1) is 16.9. The van der Waals surface area contributed by atoms with Crippen LogP contribution in [0.5, 0.6) is 0 Å². The van der Waals surface area contributed by atoms with Gasteiger partial charge in [0, 0.05) is 26.2 Å². The zero-order valence-corrected chi connectivity index (χ0v) is 15.1. The van der Waals surface area contributed by atoms with Gasteiger partial charge in [0.1, 0.15) is 0 Å². The summed E-state index contributed by atoms with van der Waals surface area (Å²) in [5.74, 6) is 1.05. The molecule has 0 saturated carbocycles. The summed E-state index contributed by atoms with van der Waals surface area (Å²) in [7, 11) is 0. The Morgan fingerprint density at radius 1 is 1.19 bits per heavy atom. The van der Waals surface area contributed by atoms with E-state index in [1.54, 1.807) is 0 Å². The molecule has 21 heavy (non-hydrogen) atoms. The van der Waals surface area contributed by atoms with Gasteiger partial charge in [0.25, 0.3) is 0 Å². The lowest BCUT2D eigenvalue weighted by atomic mass is 10.1. The summed E-state index contributed by atoms with van der Waals surface area (Å²) >= 11 is 11.3. The minimum atomic E-state index is 0.458. The molecule has 4 heteroatoms. The lowest BCUT2D eigenvalue weighted by molar-refractivity contribution is 0.572. The lowest BCUT2D eigenvalue weighted by Crippen LogP contribution is -2.33. The van der Waals surface area contributed by atoms with Crippen molar-refractivity contribution in [3.05, 3.63) is 63.6 Å². The summed E-state index contributed by atoms with van der Waals surface area (Å²) < 4.78 is 1.13. The third-order valence-electron chi connectivity index (χ3n) is 3.14. The zero-order chi connectivity index (χ0) is 15.1. The second-order valence-corrected chi connectivity index (χ2v) is 7.30. The van der Waals surface area contributed by atoms with Crippen molar-refractivity contribution in [1.82, 2.24) is 5.32 Å². The maximum absolute atomic E-state index is 5.94. The van der Waals surface area contributed by atoms with Crippen LogP contribution in [0.4, 0.5) is 0 Å². The molecule has 0 aromatic heterocycles. The molecular formula is C17H19BrClNS. The topological polar surface area (TPSA) is 12.0 Å². The molecule has 2 rings (SSSR count). The standard InChI is InChI=1S/C17H19BrClNS/c1-2-20-16(10-13-6-8-15(19)9-7-13)12-21-17-5-3-4-14(18)11-17/h3-9,11,16,20H,2,10,12H2,1H3. The fourth-order valence-electron chi connectivity index (χ4n) is 2.14. The molecule has 0 saturated heterocycles. The first-order valence-electron chi connectivity index (χ1n) is 7.03. The van der Waals surface area contributed by atoms with Crippen molar-refractivity contribution >= 4 is 39.3 Å². The van der Waals surface area contributed by atoms with Gasteiger partial charge in [-0.1, -0.05) is 52.7 Å². The maximum Gasteiger partial charge on any atom is 0.0406 e. The highest BCUT2D eigenvalue weighted by Gasteiger charge is 2.09. The quantitative estimate of drug-likeness (QED) is 0.640. The van der Waals surface area contributed by atoms with Gasteiger partial charge in [-0.15, -0.1) is 11.8 Å². The summed E-state index contributed by atoms with van der Waals surface area (Å²) in [4.78, 5) is 1.29. The summed E-state index contributed by atoms with van der Waals surface area (Å²) in [5, 5.41) is 4.36. The molecule has 0 aliphatic carbocycles. The largest absolute Gasteiger partial charge is 0.313 e. The van der Waals surface area contributed by atoms with Crippen molar-refractivity contribution in [2.45, 2.75) is 24.3 Å². The Labute approximate surface area is 144 Å². The number of rotatable bonds is 7. The molecule has 0 fully saturated rings. The Kier molecular flexibility index (Phi) is 7.11. The van der Waals surface area contributed by atoms with E-state index in [1.807, 2.05) is 23.9 Å². The third-order valence-corrected chi connectivity index (χ3v) is 5.04. The Morgan fingerprint density at radius 2 is 1.95 bits per heavy atom. The number of nitrogens with one attached hydrogen (secondary N) is 1. The van der Waals surface area contributed by atoms with Crippen LogP contribution in [-0.4, -0.2) is 18.3 Å². The predicted molar refractivity (Wildman–Crippen MR) is 97.5 cm³/mol. The van der Waals surface area contributed by atoms with Crippen LogP contribution in [0.2, 0.25) is 5.02 Å². The van der Waals surface area contributed by atoms with E-state index in [0.717, 1.165) is 28.2 Å². The third kappa shape index (κ3) is 6.03. The van der Waals surface area contributed by atoms with Crippen LogP contribution in [0.15, 0.2) is 57.9 Å². The molecule has 112 valence electrons. The Balaban J connectivity index is 1.93. The average Bonchev–Trinajstić information content (AvgIpc) is 2.47. The number of hydrogen-bond acceptors (Lipinski definition) is 2. The Morgan fingerprint density at radius 3 is 2.62 bits per heavy atom. The SMILES string of the molecule is CCNC(CSc1cccc(Br)c1)Cc1ccc(Cl)cc1. The van der Waals surface area contributed by atoms with Crippen LogP contribution < -0.4 is 5.32 Å². The fraction of sp³-hybridized carbons (Fsp3) is 0.294. The second-order valence-electron chi connectivity index (χ2n) is 4.85. The second kappa shape index (κ2) is 8.84. The molecule has 2 aromatic rings. The highest BCUT2D eigenvalue weighted by molar-refractivity contribution is 9.10. The highest BCUT2D eigenvalue weighted by Crippen LogP contribution is 2.23. The first-order chi connectivity index (χ1) is 10.2.